The Labute approximate surface area is 169 Å². The van der Waals surface area contributed by atoms with Gasteiger partial charge in [-0.05, 0) is 55.3 Å². The zero-order valence-electron chi connectivity index (χ0n) is 15.7. The van der Waals surface area contributed by atoms with E-state index in [1.807, 2.05) is 6.07 Å². The maximum atomic E-state index is 12.6. The fraction of sp³-hybridized carbons (Fsp3) is 0.286. The van der Waals surface area contributed by atoms with Crippen LogP contribution in [0.15, 0.2) is 53.4 Å². The third-order valence-corrected chi connectivity index (χ3v) is 6.60. The number of sulfonamides is 1. The fourth-order valence-corrected chi connectivity index (χ4v) is 4.60. The molecule has 0 spiro atoms. The van der Waals surface area contributed by atoms with E-state index in [9.17, 15) is 18.0 Å². The first-order valence-electron chi connectivity index (χ1n) is 9.22. The number of nitriles is 1. The van der Waals surface area contributed by atoms with Crippen LogP contribution in [0.25, 0.3) is 0 Å². The van der Waals surface area contributed by atoms with Gasteiger partial charge in [0.2, 0.25) is 10.0 Å². The van der Waals surface area contributed by atoms with Crippen molar-refractivity contribution in [3.8, 4) is 6.07 Å². The molecule has 0 aliphatic carbocycles. The van der Waals surface area contributed by atoms with Gasteiger partial charge in [-0.1, -0.05) is 12.5 Å². The number of hydrogen-bond donors (Lipinski definition) is 0. The summed E-state index contributed by atoms with van der Waals surface area (Å²) in [7, 11) is -3.56. The number of carbonyl (C=O) groups excluding carboxylic acids is 2. The standard InChI is InChI=1S/C21H20N2O5S/c22-14-16-5-4-6-18(13-16)21(25)28-15-20(24)17-7-9-19(10-8-17)29(26,27)23-11-2-1-3-12-23/h4-10,13H,1-3,11-12,15H2. The number of esters is 1. The molecule has 0 amide bonds. The van der Waals surface area contributed by atoms with E-state index in [1.165, 1.54) is 40.7 Å². The molecule has 1 fully saturated rings. The number of ether oxygens (including phenoxy) is 1. The van der Waals surface area contributed by atoms with E-state index in [0.717, 1.165) is 19.3 Å². The molecule has 2 aromatic rings. The molecule has 0 radical (unpaired) electrons. The SMILES string of the molecule is N#Cc1cccc(C(=O)OCC(=O)c2ccc(S(=O)(=O)N3CCCCC3)cc2)c1. The van der Waals surface area contributed by atoms with E-state index in [4.69, 9.17) is 10.00 Å². The van der Waals surface area contributed by atoms with Crippen molar-refractivity contribution in [1.29, 1.82) is 5.26 Å². The van der Waals surface area contributed by atoms with E-state index in [2.05, 4.69) is 0 Å². The highest BCUT2D eigenvalue weighted by atomic mass is 32.2. The molecule has 0 unspecified atom stereocenters. The zero-order valence-corrected chi connectivity index (χ0v) is 16.5. The highest BCUT2D eigenvalue weighted by molar-refractivity contribution is 7.89. The van der Waals surface area contributed by atoms with Crippen LogP contribution in [-0.2, 0) is 14.8 Å². The minimum absolute atomic E-state index is 0.140. The molecule has 0 aromatic heterocycles. The van der Waals surface area contributed by atoms with Crippen LogP contribution in [0.4, 0.5) is 0 Å². The van der Waals surface area contributed by atoms with Gasteiger partial charge in [0.25, 0.3) is 0 Å². The lowest BCUT2D eigenvalue weighted by Gasteiger charge is -2.25. The Bertz CT molecular complexity index is 1050. The normalized spacial score (nSPS) is 14.7. The third kappa shape index (κ3) is 4.88. The summed E-state index contributed by atoms with van der Waals surface area (Å²) in [6, 6.07) is 13.5. The number of Topliss-reactive ketones (excluding diaryl/α,β-unsaturated/α-hetero) is 1. The lowest BCUT2D eigenvalue weighted by Crippen LogP contribution is -2.35. The summed E-state index contributed by atoms with van der Waals surface area (Å²) in [6.45, 7) is 0.534. The predicted molar refractivity (Wildman–Crippen MR) is 105 cm³/mol. The van der Waals surface area contributed by atoms with Gasteiger partial charge in [0, 0.05) is 18.7 Å². The smallest absolute Gasteiger partial charge is 0.338 e. The monoisotopic (exact) mass is 412 g/mol. The van der Waals surface area contributed by atoms with Gasteiger partial charge in [0.15, 0.2) is 12.4 Å². The predicted octanol–water partition coefficient (Wildman–Crippen LogP) is 2.77. The zero-order chi connectivity index (χ0) is 20.9. The van der Waals surface area contributed by atoms with Crippen molar-refractivity contribution in [1.82, 2.24) is 4.31 Å². The highest BCUT2D eigenvalue weighted by Gasteiger charge is 2.26. The average Bonchev–Trinajstić information content (AvgIpc) is 2.78. The summed E-state index contributed by atoms with van der Waals surface area (Å²) < 4.78 is 31.8. The first-order valence-corrected chi connectivity index (χ1v) is 10.7. The molecule has 2 aromatic carbocycles. The second-order valence-corrected chi connectivity index (χ2v) is 8.62. The Kier molecular flexibility index (Phi) is 6.42. The van der Waals surface area contributed by atoms with Crippen molar-refractivity contribution < 1.29 is 22.7 Å². The molecular weight excluding hydrogens is 392 g/mol. The van der Waals surface area contributed by atoms with Crippen LogP contribution < -0.4 is 0 Å². The summed E-state index contributed by atoms with van der Waals surface area (Å²) in [5.41, 5.74) is 0.747. The molecule has 0 atom stereocenters. The Hall–Kier alpha value is -3.02. The van der Waals surface area contributed by atoms with E-state index in [-0.39, 0.29) is 16.0 Å². The van der Waals surface area contributed by atoms with Crippen molar-refractivity contribution in [2.45, 2.75) is 24.2 Å². The number of rotatable bonds is 6. The minimum Gasteiger partial charge on any atom is -0.454 e. The molecule has 29 heavy (non-hydrogen) atoms. The first-order chi connectivity index (χ1) is 13.9. The van der Waals surface area contributed by atoms with Gasteiger partial charge in [0.1, 0.15) is 0 Å². The molecule has 0 bridgehead atoms. The molecular formula is C21H20N2O5S. The number of ketones is 1. The molecule has 0 saturated carbocycles. The van der Waals surface area contributed by atoms with Crippen molar-refractivity contribution >= 4 is 21.8 Å². The van der Waals surface area contributed by atoms with Crippen LogP contribution in [0, 0.1) is 11.3 Å². The molecule has 3 rings (SSSR count). The Morgan fingerprint density at radius 1 is 1.00 bits per heavy atom. The Morgan fingerprint density at radius 3 is 2.34 bits per heavy atom. The molecule has 8 heteroatoms. The van der Waals surface area contributed by atoms with E-state index in [1.54, 1.807) is 12.1 Å². The third-order valence-electron chi connectivity index (χ3n) is 4.69. The van der Waals surface area contributed by atoms with Gasteiger partial charge in [0.05, 0.1) is 22.1 Å². The number of nitrogens with zero attached hydrogens (tertiary/aromatic N) is 2. The van der Waals surface area contributed by atoms with E-state index < -0.39 is 28.4 Å². The van der Waals surface area contributed by atoms with Gasteiger partial charge in [-0.15, -0.1) is 0 Å². The van der Waals surface area contributed by atoms with Gasteiger partial charge < -0.3 is 4.74 Å². The van der Waals surface area contributed by atoms with Crippen LogP contribution in [0.1, 0.15) is 45.5 Å². The van der Waals surface area contributed by atoms with Crippen molar-refractivity contribution in [2.24, 2.45) is 0 Å². The average molecular weight is 412 g/mol. The topological polar surface area (TPSA) is 105 Å². The number of benzene rings is 2. The Balaban J connectivity index is 1.63. The van der Waals surface area contributed by atoms with Crippen LogP contribution >= 0.6 is 0 Å². The summed E-state index contributed by atoms with van der Waals surface area (Å²) in [4.78, 5) is 24.5. The maximum absolute atomic E-state index is 12.6. The van der Waals surface area contributed by atoms with Crippen molar-refractivity contribution in [2.75, 3.05) is 19.7 Å². The Morgan fingerprint density at radius 2 is 1.69 bits per heavy atom. The number of carbonyl (C=O) groups is 2. The number of hydrogen-bond acceptors (Lipinski definition) is 6. The van der Waals surface area contributed by atoms with Gasteiger partial charge in [-0.2, -0.15) is 9.57 Å². The van der Waals surface area contributed by atoms with E-state index >= 15 is 0 Å². The van der Waals surface area contributed by atoms with Gasteiger partial charge in [-0.25, -0.2) is 13.2 Å². The highest BCUT2D eigenvalue weighted by Crippen LogP contribution is 2.21. The fourth-order valence-electron chi connectivity index (χ4n) is 3.08. The van der Waals surface area contributed by atoms with E-state index in [0.29, 0.717) is 18.7 Å². The second-order valence-electron chi connectivity index (χ2n) is 6.68. The summed E-state index contributed by atoms with van der Waals surface area (Å²) >= 11 is 0. The largest absolute Gasteiger partial charge is 0.454 e. The van der Waals surface area contributed by atoms with Crippen LogP contribution in [0.2, 0.25) is 0 Å². The van der Waals surface area contributed by atoms with Crippen LogP contribution in [0.5, 0.6) is 0 Å². The quantitative estimate of drug-likeness (QED) is 0.534. The molecule has 150 valence electrons. The lowest BCUT2D eigenvalue weighted by molar-refractivity contribution is 0.0474. The molecule has 1 saturated heterocycles. The molecule has 7 nitrogen and oxygen atoms in total. The summed E-state index contributed by atoms with van der Waals surface area (Å²) in [5, 5.41) is 8.87. The summed E-state index contributed by atoms with van der Waals surface area (Å²) in [5.74, 6) is -1.16. The van der Waals surface area contributed by atoms with Gasteiger partial charge in [-0.3, -0.25) is 4.79 Å². The molecule has 0 N–H and O–H groups in total. The van der Waals surface area contributed by atoms with Crippen LogP contribution in [-0.4, -0.2) is 44.2 Å². The first kappa shape index (κ1) is 20.7. The van der Waals surface area contributed by atoms with Crippen molar-refractivity contribution in [3.63, 3.8) is 0 Å². The van der Waals surface area contributed by atoms with Gasteiger partial charge >= 0.3 is 5.97 Å². The molecule has 1 aliphatic rings. The maximum Gasteiger partial charge on any atom is 0.338 e. The molecule has 1 heterocycles. The molecule has 1 aliphatic heterocycles. The van der Waals surface area contributed by atoms with Crippen molar-refractivity contribution in [3.05, 3.63) is 65.2 Å². The summed E-state index contributed by atoms with van der Waals surface area (Å²) in [6.07, 6.45) is 2.72. The lowest BCUT2D eigenvalue weighted by atomic mass is 10.1. The van der Waals surface area contributed by atoms with Crippen LogP contribution in [0.3, 0.4) is 0 Å². The second kappa shape index (κ2) is 8.99. The number of piperidine rings is 1. The minimum atomic E-state index is -3.56.